The first-order valence-corrected chi connectivity index (χ1v) is 8.21. The minimum Gasteiger partial charge on any atom is -0.392 e. The van der Waals surface area contributed by atoms with E-state index < -0.39 is 5.41 Å². The van der Waals surface area contributed by atoms with Crippen LogP contribution >= 0.6 is 24.0 Å². The highest BCUT2D eigenvalue weighted by molar-refractivity contribution is 8.00. The Kier molecular flexibility index (Phi) is 3.93. The van der Waals surface area contributed by atoms with Crippen LogP contribution in [0, 0.1) is 11.3 Å². The number of carbonyl (C=O) groups excluding carboxylic acids is 1. The standard InChI is InChI=1S/C13H22N2OS2/c1-9-6-13(7-9,10(14)17)11(16)15-8-12(18-2)4-3-5-12/h9H,3-8H2,1-2H3,(H2,14,17)(H,15,16). The van der Waals surface area contributed by atoms with Gasteiger partial charge in [-0.05, 0) is 37.9 Å². The third kappa shape index (κ3) is 2.27. The average molecular weight is 286 g/mol. The van der Waals surface area contributed by atoms with E-state index in [2.05, 4.69) is 18.5 Å². The van der Waals surface area contributed by atoms with Gasteiger partial charge in [0.15, 0.2) is 0 Å². The summed E-state index contributed by atoms with van der Waals surface area (Å²) in [5.41, 5.74) is 5.22. The van der Waals surface area contributed by atoms with Gasteiger partial charge >= 0.3 is 0 Å². The molecule has 0 bridgehead atoms. The Morgan fingerprint density at radius 3 is 2.44 bits per heavy atom. The number of thioether (sulfide) groups is 1. The molecular weight excluding hydrogens is 264 g/mol. The molecule has 2 rings (SSSR count). The first kappa shape index (κ1) is 14.1. The summed E-state index contributed by atoms with van der Waals surface area (Å²) in [4.78, 5) is 12.7. The fourth-order valence-electron chi connectivity index (χ4n) is 3.06. The van der Waals surface area contributed by atoms with E-state index in [1.54, 1.807) is 0 Å². The third-order valence-electron chi connectivity index (χ3n) is 4.57. The van der Waals surface area contributed by atoms with E-state index in [-0.39, 0.29) is 10.7 Å². The minimum absolute atomic E-state index is 0.0495. The molecular formula is C13H22N2OS2. The van der Waals surface area contributed by atoms with Gasteiger partial charge in [0.25, 0.3) is 0 Å². The SMILES string of the molecule is CSC1(CNC(=O)C2(C(N)=S)CC(C)C2)CCC1. The summed E-state index contributed by atoms with van der Waals surface area (Å²) < 4.78 is 0.266. The molecule has 102 valence electrons. The largest absolute Gasteiger partial charge is 0.392 e. The summed E-state index contributed by atoms with van der Waals surface area (Å²) in [5, 5.41) is 3.09. The maximum Gasteiger partial charge on any atom is 0.233 e. The predicted molar refractivity (Wildman–Crippen MR) is 80.7 cm³/mol. The zero-order chi connectivity index (χ0) is 13.4. The van der Waals surface area contributed by atoms with Crippen LogP contribution in [0.2, 0.25) is 0 Å². The molecule has 2 fully saturated rings. The molecule has 18 heavy (non-hydrogen) atoms. The summed E-state index contributed by atoms with van der Waals surface area (Å²) in [6, 6.07) is 0. The topological polar surface area (TPSA) is 55.1 Å². The number of amides is 1. The lowest BCUT2D eigenvalue weighted by molar-refractivity contribution is -0.133. The molecule has 0 atom stereocenters. The lowest BCUT2D eigenvalue weighted by Crippen LogP contribution is -2.58. The monoisotopic (exact) mass is 286 g/mol. The van der Waals surface area contributed by atoms with E-state index in [1.165, 1.54) is 19.3 Å². The number of hydrogen-bond donors (Lipinski definition) is 2. The van der Waals surface area contributed by atoms with E-state index in [9.17, 15) is 4.79 Å². The second-order valence-corrected chi connectivity index (χ2v) is 7.60. The van der Waals surface area contributed by atoms with Gasteiger partial charge in [0, 0.05) is 11.3 Å². The zero-order valence-corrected chi connectivity index (χ0v) is 12.8. The molecule has 5 heteroatoms. The lowest BCUT2D eigenvalue weighted by atomic mass is 9.62. The minimum atomic E-state index is -0.557. The lowest BCUT2D eigenvalue weighted by Gasteiger charge is -2.46. The Morgan fingerprint density at radius 1 is 1.50 bits per heavy atom. The molecule has 1 amide bonds. The second kappa shape index (κ2) is 5.00. The molecule has 3 N–H and O–H groups in total. The fraction of sp³-hybridized carbons (Fsp3) is 0.846. The summed E-state index contributed by atoms with van der Waals surface area (Å²) in [7, 11) is 0. The van der Waals surface area contributed by atoms with Crippen LogP contribution in [0.1, 0.15) is 39.0 Å². The van der Waals surface area contributed by atoms with Gasteiger partial charge < -0.3 is 11.1 Å². The molecule has 3 nitrogen and oxygen atoms in total. The molecule has 2 saturated carbocycles. The van der Waals surface area contributed by atoms with E-state index in [4.69, 9.17) is 18.0 Å². The van der Waals surface area contributed by atoms with Crippen molar-refractivity contribution in [3.63, 3.8) is 0 Å². The summed E-state index contributed by atoms with van der Waals surface area (Å²) >= 11 is 6.97. The van der Waals surface area contributed by atoms with Gasteiger partial charge in [-0.15, -0.1) is 0 Å². The smallest absolute Gasteiger partial charge is 0.233 e. The van der Waals surface area contributed by atoms with Crippen LogP contribution in [-0.2, 0) is 4.79 Å². The molecule has 2 aliphatic carbocycles. The molecule has 0 unspecified atom stereocenters. The molecule has 0 spiro atoms. The van der Waals surface area contributed by atoms with Gasteiger partial charge in [0.2, 0.25) is 5.91 Å². The van der Waals surface area contributed by atoms with Crippen molar-refractivity contribution >= 4 is 34.9 Å². The average Bonchev–Trinajstić information content (AvgIpc) is 2.22. The van der Waals surface area contributed by atoms with Crippen molar-refractivity contribution in [2.24, 2.45) is 17.1 Å². The number of hydrogen-bond acceptors (Lipinski definition) is 3. The van der Waals surface area contributed by atoms with Gasteiger partial charge in [-0.3, -0.25) is 4.79 Å². The zero-order valence-electron chi connectivity index (χ0n) is 11.1. The van der Waals surface area contributed by atoms with E-state index >= 15 is 0 Å². The normalized spacial score (nSPS) is 33.1. The molecule has 0 aromatic rings. The Bertz CT molecular complexity index is 354. The maximum atomic E-state index is 12.3. The van der Waals surface area contributed by atoms with Crippen molar-refractivity contribution in [1.82, 2.24) is 5.32 Å². The van der Waals surface area contributed by atoms with Crippen molar-refractivity contribution in [2.75, 3.05) is 12.8 Å². The second-order valence-electron chi connectivity index (χ2n) is 5.88. The molecule has 0 aromatic heterocycles. The predicted octanol–water partition coefficient (Wildman–Crippen LogP) is 2.09. The van der Waals surface area contributed by atoms with Gasteiger partial charge in [-0.1, -0.05) is 25.6 Å². The fourth-order valence-corrected chi connectivity index (χ4v) is 4.24. The van der Waals surface area contributed by atoms with E-state index in [1.807, 2.05) is 11.8 Å². The van der Waals surface area contributed by atoms with Crippen molar-refractivity contribution in [3.05, 3.63) is 0 Å². The van der Waals surface area contributed by atoms with Crippen molar-refractivity contribution < 1.29 is 4.79 Å². The van der Waals surface area contributed by atoms with E-state index in [0.29, 0.717) is 10.9 Å². The Balaban J connectivity index is 1.93. The van der Waals surface area contributed by atoms with Gasteiger partial charge in [0.05, 0.1) is 10.4 Å². The summed E-state index contributed by atoms with van der Waals surface area (Å²) in [6.45, 7) is 2.89. The molecule has 2 aliphatic rings. The molecule has 0 aromatic carbocycles. The van der Waals surface area contributed by atoms with Crippen molar-refractivity contribution in [3.8, 4) is 0 Å². The number of nitrogens with two attached hydrogens (primary N) is 1. The maximum absolute atomic E-state index is 12.3. The van der Waals surface area contributed by atoms with Crippen LogP contribution in [-0.4, -0.2) is 28.4 Å². The van der Waals surface area contributed by atoms with E-state index in [0.717, 1.165) is 19.4 Å². The highest BCUT2D eigenvalue weighted by atomic mass is 32.2. The van der Waals surface area contributed by atoms with Gasteiger partial charge in [0.1, 0.15) is 0 Å². The number of thiocarbonyl (C=S) groups is 1. The molecule has 0 heterocycles. The number of rotatable bonds is 5. The number of carbonyl (C=O) groups is 1. The van der Waals surface area contributed by atoms with Crippen LogP contribution in [0.4, 0.5) is 0 Å². The Morgan fingerprint density at radius 2 is 2.11 bits per heavy atom. The summed E-state index contributed by atoms with van der Waals surface area (Å²) in [5.74, 6) is 0.601. The third-order valence-corrected chi connectivity index (χ3v) is 6.38. The van der Waals surface area contributed by atoms with Crippen LogP contribution < -0.4 is 11.1 Å². The van der Waals surface area contributed by atoms with Crippen LogP contribution in [0.5, 0.6) is 0 Å². The van der Waals surface area contributed by atoms with Gasteiger partial charge in [-0.25, -0.2) is 0 Å². The quantitative estimate of drug-likeness (QED) is 0.760. The molecule has 0 saturated heterocycles. The Hall–Kier alpha value is -0.290. The summed E-state index contributed by atoms with van der Waals surface area (Å²) in [6.07, 6.45) is 7.41. The molecule has 0 aliphatic heterocycles. The first-order valence-electron chi connectivity index (χ1n) is 6.57. The highest BCUT2D eigenvalue weighted by Gasteiger charge is 2.51. The van der Waals surface area contributed by atoms with Crippen LogP contribution in [0.15, 0.2) is 0 Å². The first-order chi connectivity index (χ1) is 8.44. The number of nitrogens with one attached hydrogen (secondary N) is 1. The van der Waals surface area contributed by atoms with Gasteiger partial charge in [-0.2, -0.15) is 11.8 Å². The van der Waals surface area contributed by atoms with Crippen LogP contribution in [0.3, 0.4) is 0 Å². The van der Waals surface area contributed by atoms with Crippen molar-refractivity contribution in [2.45, 2.75) is 43.8 Å². The highest BCUT2D eigenvalue weighted by Crippen LogP contribution is 2.47. The van der Waals surface area contributed by atoms with Crippen molar-refractivity contribution in [1.29, 1.82) is 0 Å². The Labute approximate surface area is 119 Å². The van der Waals surface area contributed by atoms with Crippen LogP contribution in [0.25, 0.3) is 0 Å². The molecule has 0 radical (unpaired) electrons.